The number of aliphatic hydroxyl groups excluding tert-OH is 2. The van der Waals surface area contributed by atoms with Crippen molar-refractivity contribution in [3.63, 3.8) is 0 Å². The molecule has 0 aliphatic carbocycles. The summed E-state index contributed by atoms with van der Waals surface area (Å²) in [4.78, 5) is 91.0. The second-order valence-corrected chi connectivity index (χ2v) is 27.6. The Balaban J connectivity index is 0.000000231. The molecular weight excluding hydrogens is 1730 g/mol. The molecule has 6 heterocycles. The van der Waals surface area contributed by atoms with Gasteiger partial charge in [0.25, 0.3) is 28.7 Å². The molecule has 0 aliphatic heterocycles. The van der Waals surface area contributed by atoms with Crippen LogP contribution in [-0.4, -0.2) is 132 Å². The quantitative estimate of drug-likeness (QED) is 0.0232. The lowest BCUT2D eigenvalue weighted by atomic mass is 10.2. The fourth-order valence-corrected chi connectivity index (χ4v) is 12.4. The molecule has 0 atom stereocenters. The Morgan fingerprint density at radius 2 is 0.658 bits per heavy atom. The standard InChI is InChI=1S/C26H26ClF3N4O5.C25H24ClF3N4O6.C17H18BrClN4O2.C9H9F3O3.2CH4/c1-3-4-12-33-23(35)21-22(32(2)25(33)36)31-24(34(21)16-17-8-10-18(27)11-9-17)38-14-13-37-19-6-5-7-20(15-19)39-26(28,29)30;1-31-21-20(22(35)32(24(31)36)10-3-11-34)33(15-16-6-8-17(26)9-7-16)23(30-21)38-13-12-37-18-4-2-5-19(14-18)39-25(27,28)29;1-3-4-9-22-15(24)13-14(21(2)17(22)25)20-16(18)23(13)10-11-5-7-12(19)8-6-11;10-9(11,12)15-8-3-1-2-7(6-8)14-5-4-13;;/h5-11,15H,3-4,12-14,16H2,1-2H3;2,4-9,14,34H,3,10-13,15H2,1H3;5-8H,3-4,9-10H2,1-2H3;1-3,6,13H,4-5H2;2*1H4. The van der Waals surface area contributed by atoms with Gasteiger partial charge in [0.05, 0.1) is 26.2 Å². The Bertz CT molecular complexity index is 5560. The molecule has 0 spiro atoms. The molecule has 0 unspecified atom stereocenters. The van der Waals surface area contributed by atoms with Gasteiger partial charge in [-0.05, 0) is 125 Å². The molecule has 2 N–H and O–H groups in total. The maximum absolute atomic E-state index is 13.4. The lowest BCUT2D eigenvalue weighted by Crippen LogP contribution is -2.39. The maximum atomic E-state index is 13.4. The topological polar surface area (TPSA) is 300 Å². The van der Waals surface area contributed by atoms with Gasteiger partial charge in [-0.2, -0.15) is 9.97 Å². The van der Waals surface area contributed by atoms with E-state index in [1.807, 2.05) is 26.0 Å². The smallest absolute Gasteiger partial charge is 0.491 e. The number of imidazole rings is 3. The Labute approximate surface area is 701 Å². The third kappa shape index (κ3) is 26.2. The van der Waals surface area contributed by atoms with Crippen LogP contribution in [0.1, 0.15) is 77.5 Å². The second-order valence-electron chi connectivity index (χ2n) is 25.5. The van der Waals surface area contributed by atoms with Gasteiger partial charge in [-0.25, -0.2) is 19.4 Å². The summed E-state index contributed by atoms with van der Waals surface area (Å²) in [5.74, 6) is -0.695. The van der Waals surface area contributed by atoms with Gasteiger partial charge in [0.2, 0.25) is 0 Å². The van der Waals surface area contributed by atoms with Gasteiger partial charge in [-0.15, -0.1) is 39.5 Å². The minimum Gasteiger partial charge on any atom is -0.491 e. The van der Waals surface area contributed by atoms with Crippen molar-refractivity contribution in [2.45, 2.75) is 119 Å². The zero-order valence-electron chi connectivity index (χ0n) is 63.5. The monoisotopic (exact) mass is 1810 g/mol. The SMILES string of the molecule is C.C.CCCCn1c(=O)c2c(nc(Br)n2Cc2ccc(Cl)cc2)n(C)c1=O.CCCCn1c(=O)c2c(nc(OCCOc3cccc(OC(F)(F)F)c3)n2Cc2ccc(Cl)cc2)n(C)c1=O.Cn1c(=O)n(CCCO)c(=O)c2c1nc(OCCOc1cccc(OC(F)(F)F)c1)n2Cc1ccc(Cl)cc1.OCCOc1cccc(OC(F)(F)F)c1. The summed E-state index contributed by atoms with van der Waals surface area (Å²) < 4.78 is 162. The summed E-state index contributed by atoms with van der Waals surface area (Å²) >= 11 is 21.4. The zero-order chi connectivity index (χ0) is 85.8. The Morgan fingerprint density at radius 3 is 0.967 bits per heavy atom. The van der Waals surface area contributed by atoms with Gasteiger partial charge in [0, 0.05) is 80.7 Å². The van der Waals surface area contributed by atoms with E-state index in [1.165, 1.54) is 84.0 Å². The first-order valence-corrected chi connectivity index (χ1v) is 37.9. The molecule has 41 heteroatoms. The number of halogens is 13. The first-order chi connectivity index (χ1) is 56.1. The van der Waals surface area contributed by atoms with Crippen LogP contribution in [0, 0.1) is 0 Å². The summed E-state index contributed by atoms with van der Waals surface area (Å²) in [7, 11) is 4.65. The molecule has 0 aliphatic rings. The molecule has 6 aromatic heterocycles. The van der Waals surface area contributed by atoms with Gasteiger partial charge in [-0.3, -0.25) is 50.9 Å². The average molecular weight is 1820 g/mol. The molecule has 6 aromatic carbocycles. The second kappa shape index (κ2) is 43.7. The van der Waals surface area contributed by atoms with Crippen molar-refractivity contribution in [3.05, 3.63) is 245 Å². The number of aryl methyl sites for hydroxylation is 3. The van der Waals surface area contributed by atoms with Crippen molar-refractivity contribution in [2.75, 3.05) is 46.2 Å². The van der Waals surface area contributed by atoms with Crippen molar-refractivity contribution >= 4 is 84.2 Å². The Hall–Kier alpha value is -11.2. The van der Waals surface area contributed by atoms with E-state index in [1.54, 1.807) is 76.8 Å². The molecule has 0 saturated heterocycles. The molecule has 120 heavy (non-hydrogen) atoms. The van der Waals surface area contributed by atoms with Crippen molar-refractivity contribution in [1.29, 1.82) is 0 Å². The molecule has 0 fully saturated rings. The van der Waals surface area contributed by atoms with Crippen LogP contribution in [0.5, 0.6) is 46.5 Å². The van der Waals surface area contributed by atoms with Gasteiger partial charge in [0.15, 0.2) is 38.2 Å². The number of ether oxygens (including phenoxy) is 8. The number of unbranched alkanes of at least 4 members (excludes halogenated alkanes) is 2. The number of alkyl halides is 9. The van der Waals surface area contributed by atoms with Crippen LogP contribution >= 0.6 is 50.7 Å². The van der Waals surface area contributed by atoms with E-state index in [9.17, 15) is 73.4 Å². The summed E-state index contributed by atoms with van der Waals surface area (Å²) in [5, 5.41) is 19.4. The van der Waals surface area contributed by atoms with Crippen molar-refractivity contribution in [1.82, 2.24) is 56.1 Å². The summed E-state index contributed by atoms with van der Waals surface area (Å²) in [6, 6.07) is 36.8. The number of fused-ring (bicyclic) bond motifs is 3. The summed E-state index contributed by atoms with van der Waals surface area (Å²) in [6.45, 7) is 4.88. The van der Waals surface area contributed by atoms with E-state index in [0.29, 0.717) is 50.5 Å². The first kappa shape index (κ1) is 95.9. The Morgan fingerprint density at radius 1 is 0.375 bits per heavy atom. The normalized spacial score (nSPS) is 11.3. The minimum atomic E-state index is -4.83. The van der Waals surface area contributed by atoms with Crippen molar-refractivity contribution in [3.8, 4) is 46.5 Å². The number of hydrogen-bond donors (Lipinski definition) is 2. The average Bonchev–Trinajstić information content (AvgIpc) is 1.60. The number of aliphatic hydroxyl groups is 2. The van der Waals surface area contributed by atoms with Crippen LogP contribution in [0.3, 0.4) is 0 Å². The molecule has 0 saturated carbocycles. The highest BCUT2D eigenvalue weighted by atomic mass is 79.9. The van der Waals surface area contributed by atoms with Gasteiger partial charge in [-0.1, -0.05) is 131 Å². The third-order valence-electron chi connectivity index (χ3n) is 17.0. The predicted molar refractivity (Wildman–Crippen MR) is 436 cm³/mol. The zero-order valence-corrected chi connectivity index (χ0v) is 67.3. The minimum absolute atomic E-state index is 0. The lowest BCUT2D eigenvalue weighted by molar-refractivity contribution is -0.275. The number of nitrogens with zero attached hydrogens (tertiary/aromatic N) is 12. The highest BCUT2D eigenvalue weighted by Crippen LogP contribution is 2.31. The van der Waals surface area contributed by atoms with Crippen molar-refractivity contribution < 1.29 is 87.6 Å². The lowest BCUT2D eigenvalue weighted by Gasteiger charge is -2.13. The van der Waals surface area contributed by atoms with E-state index >= 15 is 0 Å². The highest BCUT2D eigenvalue weighted by Gasteiger charge is 2.34. The molecule has 0 radical (unpaired) electrons. The molecule has 12 aromatic rings. The number of benzene rings is 6. The van der Waals surface area contributed by atoms with E-state index in [-0.39, 0.29) is 162 Å². The first-order valence-electron chi connectivity index (χ1n) is 36.0. The summed E-state index contributed by atoms with van der Waals surface area (Å²) in [6.07, 6.45) is -11.0. The van der Waals surface area contributed by atoms with E-state index in [4.69, 9.17) is 63.6 Å². The summed E-state index contributed by atoms with van der Waals surface area (Å²) in [5.41, 5.74) is 1.19. The third-order valence-corrected chi connectivity index (χ3v) is 18.4. The van der Waals surface area contributed by atoms with E-state index in [2.05, 4.69) is 45.1 Å². The largest absolute Gasteiger partial charge is 0.573 e. The van der Waals surface area contributed by atoms with Crippen LogP contribution < -0.4 is 71.6 Å². The molecule has 28 nitrogen and oxygen atoms in total. The molecule has 648 valence electrons. The van der Waals surface area contributed by atoms with Gasteiger partial charge < -0.3 is 52.7 Å². The molecule has 0 bridgehead atoms. The van der Waals surface area contributed by atoms with Crippen LogP contribution in [-0.2, 0) is 60.4 Å². The number of hydrogen-bond acceptors (Lipinski definition) is 19. The maximum Gasteiger partial charge on any atom is 0.573 e. The van der Waals surface area contributed by atoms with Crippen LogP contribution in [0.25, 0.3) is 33.5 Å². The van der Waals surface area contributed by atoms with Crippen LogP contribution in [0.15, 0.2) is 179 Å². The number of rotatable bonds is 31. The van der Waals surface area contributed by atoms with Crippen LogP contribution in [0.4, 0.5) is 39.5 Å². The highest BCUT2D eigenvalue weighted by molar-refractivity contribution is 9.10. The molecular formula is C79H85BrCl3F9N12O16. The molecule has 12 rings (SSSR count). The van der Waals surface area contributed by atoms with Gasteiger partial charge in [0.1, 0.15) is 67.5 Å². The van der Waals surface area contributed by atoms with Gasteiger partial charge >= 0.3 is 36.2 Å². The fourth-order valence-electron chi connectivity index (χ4n) is 11.5. The number of aromatic nitrogens is 12. The van der Waals surface area contributed by atoms with Crippen LogP contribution in [0.2, 0.25) is 15.1 Å². The van der Waals surface area contributed by atoms with Crippen molar-refractivity contribution in [2.24, 2.45) is 21.1 Å². The molecule has 0 amide bonds. The fraction of sp³-hybridized carbons (Fsp3) is 0.354. The Kier molecular flexibility index (Phi) is 34.9. The predicted octanol–water partition coefficient (Wildman–Crippen LogP) is 14.5. The van der Waals surface area contributed by atoms with E-state index in [0.717, 1.165) is 70.9 Å². The van der Waals surface area contributed by atoms with E-state index < -0.39 is 53.1 Å².